The first-order valence-electron chi connectivity index (χ1n) is 5.39. The molecule has 0 radical (unpaired) electrons. The van der Waals surface area contributed by atoms with E-state index in [2.05, 4.69) is 20.3 Å². The van der Waals surface area contributed by atoms with Crippen molar-refractivity contribution in [2.75, 3.05) is 5.32 Å². The highest BCUT2D eigenvalue weighted by molar-refractivity contribution is 7.15. The quantitative estimate of drug-likeness (QED) is 0.504. The zero-order valence-electron chi connectivity index (χ0n) is 9.92. The van der Waals surface area contributed by atoms with Crippen molar-refractivity contribution in [3.8, 4) is 0 Å². The van der Waals surface area contributed by atoms with Crippen LogP contribution < -0.4 is 5.32 Å². The van der Waals surface area contributed by atoms with Crippen molar-refractivity contribution in [3.05, 3.63) is 51.3 Å². The second-order valence-electron chi connectivity index (χ2n) is 3.72. The highest BCUT2D eigenvalue weighted by Crippen LogP contribution is 2.30. The molecule has 1 aromatic heterocycles. The smallest absolute Gasteiger partial charge is 0.332 e. The molecule has 0 atom stereocenters. The molecule has 0 aliphatic rings. The maximum Gasteiger partial charge on any atom is 0.416 e. The van der Waals surface area contributed by atoms with Crippen LogP contribution in [0.4, 0.5) is 24.0 Å². The van der Waals surface area contributed by atoms with Gasteiger partial charge in [0.1, 0.15) is 0 Å². The summed E-state index contributed by atoms with van der Waals surface area (Å²) in [6.45, 7) is 0.197. The summed E-state index contributed by atoms with van der Waals surface area (Å²) < 4.78 is 37.2. The maximum atomic E-state index is 12.4. The number of nitrogens with one attached hydrogen (secondary N) is 1. The minimum Gasteiger partial charge on any atom is -0.332 e. The summed E-state index contributed by atoms with van der Waals surface area (Å²) in [5, 5.41) is 6.81. The number of anilines is 2. The Balaban J connectivity index is 2.06. The Morgan fingerprint density at radius 2 is 2.00 bits per heavy atom. The molecule has 1 aromatic carbocycles. The monoisotopic (exact) mass is 299 g/mol. The highest BCUT2D eigenvalue weighted by Gasteiger charge is 2.29. The van der Waals surface area contributed by atoms with Crippen molar-refractivity contribution >= 4 is 22.2 Å². The molecule has 0 saturated heterocycles. The lowest BCUT2D eigenvalue weighted by atomic mass is 10.2. The van der Waals surface area contributed by atoms with Gasteiger partial charge >= 0.3 is 6.18 Å². The minimum atomic E-state index is -4.35. The average Bonchev–Trinajstić information content (AvgIpc) is 2.83. The van der Waals surface area contributed by atoms with Gasteiger partial charge in [-0.25, -0.2) is 4.98 Å². The summed E-state index contributed by atoms with van der Waals surface area (Å²) in [7, 11) is 0. The summed E-state index contributed by atoms with van der Waals surface area (Å²) in [5.41, 5.74) is 8.00. The van der Waals surface area contributed by atoms with Gasteiger partial charge in [0.2, 0.25) is 0 Å². The Morgan fingerprint density at radius 3 is 2.60 bits per heavy atom. The Labute approximate surface area is 115 Å². The predicted molar refractivity (Wildman–Crippen MR) is 69.7 cm³/mol. The van der Waals surface area contributed by atoms with Crippen molar-refractivity contribution in [1.82, 2.24) is 4.98 Å². The summed E-state index contributed by atoms with van der Waals surface area (Å²) in [5.74, 6) is 0. The summed E-state index contributed by atoms with van der Waals surface area (Å²) in [6.07, 6.45) is -2.80. The SMILES string of the molecule is [N-]=[N+]=NCc1cnc(Nc2ccc(C(F)(F)F)cc2)s1. The normalized spacial score (nSPS) is 10.9. The molecular weight excluding hydrogens is 291 g/mol. The van der Waals surface area contributed by atoms with Gasteiger partial charge < -0.3 is 5.32 Å². The number of thiazole rings is 1. The molecule has 0 fully saturated rings. The summed E-state index contributed by atoms with van der Waals surface area (Å²) >= 11 is 1.27. The van der Waals surface area contributed by atoms with Gasteiger partial charge in [0.05, 0.1) is 12.1 Å². The average molecular weight is 299 g/mol. The molecule has 9 heteroatoms. The van der Waals surface area contributed by atoms with Crippen LogP contribution in [0.2, 0.25) is 0 Å². The van der Waals surface area contributed by atoms with Crippen molar-refractivity contribution in [3.63, 3.8) is 0 Å². The van der Waals surface area contributed by atoms with Gasteiger partial charge in [-0.1, -0.05) is 5.11 Å². The van der Waals surface area contributed by atoms with E-state index in [1.54, 1.807) is 6.20 Å². The summed E-state index contributed by atoms with van der Waals surface area (Å²) in [4.78, 5) is 7.43. The number of alkyl halides is 3. The predicted octanol–water partition coefficient (Wildman–Crippen LogP) is 4.72. The molecule has 0 aliphatic heterocycles. The zero-order valence-corrected chi connectivity index (χ0v) is 10.7. The van der Waals surface area contributed by atoms with E-state index in [9.17, 15) is 13.2 Å². The molecule has 0 unspecified atom stereocenters. The molecule has 20 heavy (non-hydrogen) atoms. The van der Waals surface area contributed by atoms with Gasteiger partial charge in [-0.15, -0.1) is 11.3 Å². The van der Waals surface area contributed by atoms with Crippen LogP contribution in [0.1, 0.15) is 10.4 Å². The molecule has 5 nitrogen and oxygen atoms in total. The Bertz CT molecular complexity index is 628. The van der Waals surface area contributed by atoms with Crippen LogP contribution in [-0.2, 0) is 12.7 Å². The number of azide groups is 1. The van der Waals surface area contributed by atoms with Crippen LogP contribution in [0.15, 0.2) is 35.6 Å². The molecule has 0 spiro atoms. The van der Waals surface area contributed by atoms with E-state index in [1.807, 2.05) is 0 Å². The fourth-order valence-electron chi connectivity index (χ4n) is 1.41. The molecular formula is C11H8F3N5S. The molecule has 2 rings (SSSR count). The van der Waals surface area contributed by atoms with Gasteiger partial charge in [0.25, 0.3) is 0 Å². The van der Waals surface area contributed by atoms with Crippen molar-refractivity contribution in [2.24, 2.45) is 5.11 Å². The summed E-state index contributed by atoms with van der Waals surface area (Å²) in [6, 6.07) is 4.66. The first-order chi connectivity index (χ1) is 9.49. The van der Waals surface area contributed by atoms with Gasteiger partial charge in [-0.2, -0.15) is 13.2 Å². The van der Waals surface area contributed by atoms with Crippen LogP contribution in [0, 0.1) is 0 Å². The van der Waals surface area contributed by atoms with Crippen molar-refractivity contribution < 1.29 is 13.2 Å². The largest absolute Gasteiger partial charge is 0.416 e. The fourth-order valence-corrected chi connectivity index (χ4v) is 2.16. The van der Waals surface area contributed by atoms with Crippen molar-refractivity contribution in [1.29, 1.82) is 0 Å². The maximum absolute atomic E-state index is 12.4. The molecule has 0 amide bonds. The molecule has 0 saturated carbocycles. The van der Waals surface area contributed by atoms with E-state index in [-0.39, 0.29) is 6.54 Å². The van der Waals surface area contributed by atoms with Crippen LogP contribution >= 0.6 is 11.3 Å². The lowest BCUT2D eigenvalue weighted by molar-refractivity contribution is -0.137. The van der Waals surface area contributed by atoms with Crippen molar-refractivity contribution in [2.45, 2.75) is 12.7 Å². The van der Waals surface area contributed by atoms with E-state index in [0.717, 1.165) is 17.0 Å². The van der Waals surface area contributed by atoms with Crippen LogP contribution in [-0.4, -0.2) is 4.98 Å². The minimum absolute atomic E-state index is 0.197. The number of halogens is 3. The lowest BCUT2D eigenvalue weighted by Crippen LogP contribution is -2.04. The zero-order chi connectivity index (χ0) is 14.6. The molecule has 104 valence electrons. The molecule has 0 aliphatic carbocycles. The van der Waals surface area contributed by atoms with E-state index in [1.165, 1.54) is 23.5 Å². The number of rotatable bonds is 4. The number of nitrogens with zero attached hydrogens (tertiary/aromatic N) is 4. The highest BCUT2D eigenvalue weighted by atomic mass is 32.1. The first-order valence-corrected chi connectivity index (χ1v) is 6.20. The van der Waals surface area contributed by atoms with E-state index < -0.39 is 11.7 Å². The number of hydrogen-bond acceptors (Lipinski definition) is 4. The molecule has 1 N–H and O–H groups in total. The molecule has 0 bridgehead atoms. The van der Waals surface area contributed by atoms with Crippen LogP contribution in [0.3, 0.4) is 0 Å². The standard InChI is InChI=1S/C11H8F3N5S/c12-11(13,14)7-1-3-8(4-2-7)18-10-16-5-9(20-10)6-17-19-15/h1-5H,6H2,(H,16,18). The topological polar surface area (TPSA) is 73.7 Å². The number of hydrogen-bond donors (Lipinski definition) is 1. The second-order valence-corrected chi connectivity index (χ2v) is 4.84. The third kappa shape index (κ3) is 3.62. The van der Waals surface area contributed by atoms with Crippen LogP contribution in [0.25, 0.3) is 10.4 Å². The van der Waals surface area contributed by atoms with Gasteiger partial charge in [0.15, 0.2) is 5.13 Å². The van der Waals surface area contributed by atoms with Crippen LogP contribution in [0.5, 0.6) is 0 Å². The van der Waals surface area contributed by atoms with Gasteiger partial charge in [0, 0.05) is 21.7 Å². The Kier molecular flexibility index (Phi) is 4.11. The third-order valence-corrected chi connectivity index (χ3v) is 3.20. The Morgan fingerprint density at radius 1 is 1.30 bits per heavy atom. The number of benzene rings is 1. The second kappa shape index (κ2) is 5.81. The Hall–Kier alpha value is -2.25. The fraction of sp³-hybridized carbons (Fsp3) is 0.182. The van der Waals surface area contributed by atoms with Gasteiger partial charge in [-0.3, -0.25) is 0 Å². The lowest BCUT2D eigenvalue weighted by Gasteiger charge is -2.07. The van der Waals surface area contributed by atoms with E-state index in [4.69, 9.17) is 5.53 Å². The van der Waals surface area contributed by atoms with E-state index in [0.29, 0.717) is 10.8 Å². The molecule has 2 aromatic rings. The van der Waals surface area contributed by atoms with E-state index >= 15 is 0 Å². The third-order valence-electron chi connectivity index (χ3n) is 2.31. The number of aromatic nitrogens is 1. The van der Waals surface area contributed by atoms with Gasteiger partial charge in [-0.05, 0) is 29.8 Å². The first kappa shape index (κ1) is 14.2. The molecule has 1 heterocycles.